The zero-order valence-corrected chi connectivity index (χ0v) is 12.3. The standard InChI is InChI=1S/C12H13NO2S3/c1-9-10-5-8-16-11(10)4-6-13(9)18(14,15)12-3-2-7-17-12/h2-3,5,7-9H,4,6H2,1H3/t9-/m1/s1. The maximum absolute atomic E-state index is 12.5. The van der Waals surface area contributed by atoms with Crippen molar-refractivity contribution in [2.45, 2.75) is 23.6 Å². The molecule has 0 radical (unpaired) electrons. The van der Waals surface area contributed by atoms with Crippen molar-refractivity contribution in [3.8, 4) is 0 Å². The molecule has 96 valence electrons. The van der Waals surface area contributed by atoms with Crippen molar-refractivity contribution in [3.05, 3.63) is 39.4 Å². The molecule has 0 unspecified atom stereocenters. The van der Waals surface area contributed by atoms with Gasteiger partial charge in [0.05, 0.1) is 0 Å². The fourth-order valence-electron chi connectivity index (χ4n) is 2.34. The SMILES string of the molecule is C[C@@H]1c2ccsc2CCN1S(=O)(=O)c1cccs1. The molecule has 3 rings (SSSR count). The molecular formula is C12H13NO2S3. The van der Waals surface area contributed by atoms with E-state index in [2.05, 4.69) is 0 Å². The lowest BCUT2D eigenvalue weighted by molar-refractivity contribution is 0.330. The predicted molar refractivity (Wildman–Crippen MR) is 74.6 cm³/mol. The first-order valence-corrected chi connectivity index (χ1v) is 8.92. The van der Waals surface area contributed by atoms with Crippen molar-refractivity contribution in [1.82, 2.24) is 4.31 Å². The van der Waals surface area contributed by atoms with Crippen molar-refractivity contribution in [1.29, 1.82) is 0 Å². The Balaban J connectivity index is 2.00. The number of hydrogen-bond donors (Lipinski definition) is 0. The smallest absolute Gasteiger partial charge is 0.206 e. The van der Waals surface area contributed by atoms with Crippen molar-refractivity contribution in [2.24, 2.45) is 0 Å². The van der Waals surface area contributed by atoms with Gasteiger partial charge >= 0.3 is 0 Å². The van der Waals surface area contributed by atoms with E-state index < -0.39 is 10.0 Å². The van der Waals surface area contributed by atoms with Crippen LogP contribution in [0.25, 0.3) is 0 Å². The maximum Gasteiger partial charge on any atom is 0.253 e. The summed E-state index contributed by atoms with van der Waals surface area (Å²) >= 11 is 3.00. The summed E-state index contributed by atoms with van der Waals surface area (Å²) in [5, 5.41) is 3.85. The molecule has 2 aromatic heterocycles. The third kappa shape index (κ3) is 1.84. The third-order valence-corrected chi connectivity index (χ3v) is 7.62. The lowest BCUT2D eigenvalue weighted by atomic mass is 10.0. The van der Waals surface area contributed by atoms with Gasteiger partial charge in [0.2, 0.25) is 0 Å². The van der Waals surface area contributed by atoms with Crippen LogP contribution in [0.1, 0.15) is 23.4 Å². The zero-order chi connectivity index (χ0) is 12.8. The van der Waals surface area contributed by atoms with Crippen LogP contribution in [0.3, 0.4) is 0 Å². The lowest BCUT2D eigenvalue weighted by Crippen LogP contribution is -2.37. The Kier molecular flexibility index (Phi) is 3.05. The van der Waals surface area contributed by atoms with Crippen LogP contribution >= 0.6 is 22.7 Å². The van der Waals surface area contributed by atoms with E-state index in [1.54, 1.807) is 33.2 Å². The van der Waals surface area contributed by atoms with Gasteiger partial charge in [0, 0.05) is 17.5 Å². The molecule has 0 fully saturated rings. The Hall–Kier alpha value is -0.690. The molecule has 18 heavy (non-hydrogen) atoms. The predicted octanol–water partition coefficient (Wildman–Crippen LogP) is 3.12. The monoisotopic (exact) mass is 299 g/mol. The summed E-state index contributed by atoms with van der Waals surface area (Å²) in [6.07, 6.45) is 0.821. The first-order valence-electron chi connectivity index (χ1n) is 5.72. The summed E-state index contributed by atoms with van der Waals surface area (Å²) < 4.78 is 27.1. The van der Waals surface area contributed by atoms with E-state index >= 15 is 0 Å². The molecule has 1 aliphatic heterocycles. The first-order chi connectivity index (χ1) is 8.60. The van der Waals surface area contributed by atoms with Crippen LogP contribution in [-0.2, 0) is 16.4 Å². The minimum Gasteiger partial charge on any atom is -0.206 e. The Morgan fingerprint density at radius 3 is 2.83 bits per heavy atom. The molecule has 2 aromatic rings. The number of fused-ring (bicyclic) bond motifs is 1. The van der Waals surface area contributed by atoms with Crippen molar-refractivity contribution in [3.63, 3.8) is 0 Å². The molecule has 3 heterocycles. The van der Waals surface area contributed by atoms with E-state index in [-0.39, 0.29) is 6.04 Å². The van der Waals surface area contributed by atoms with Crippen LogP contribution in [0.5, 0.6) is 0 Å². The minimum absolute atomic E-state index is 0.0629. The average Bonchev–Trinajstić information content (AvgIpc) is 3.00. The lowest BCUT2D eigenvalue weighted by Gasteiger charge is -2.32. The van der Waals surface area contributed by atoms with Gasteiger partial charge in [-0.25, -0.2) is 8.42 Å². The number of sulfonamides is 1. The van der Waals surface area contributed by atoms with Gasteiger partial charge in [-0.3, -0.25) is 0 Å². The van der Waals surface area contributed by atoms with Crippen molar-refractivity contribution in [2.75, 3.05) is 6.54 Å². The molecule has 6 heteroatoms. The van der Waals surface area contributed by atoms with E-state index in [9.17, 15) is 8.42 Å². The molecule has 0 aliphatic carbocycles. The van der Waals surface area contributed by atoms with Gasteiger partial charge in [0.15, 0.2) is 0 Å². The molecular weight excluding hydrogens is 286 g/mol. The third-order valence-electron chi connectivity index (χ3n) is 3.28. The van der Waals surface area contributed by atoms with Gasteiger partial charge in [0.25, 0.3) is 10.0 Å². The number of nitrogens with zero attached hydrogens (tertiary/aromatic N) is 1. The quantitative estimate of drug-likeness (QED) is 0.854. The van der Waals surface area contributed by atoms with Crippen molar-refractivity contribution >= 4 is 32.7 Å². The minimum atomic E-state index is -3.33. The maximum atomic E-state index is 12.5. The summed E-state index contributed by atoms with van der Waals surface area (Å²) in [6, 6.07) is 5.44. The molecule has 0 spiro atoms. The Morgan fingerprint density at radius 1 is 1.28 bits per heavy atom. The Labute approximate surface area is 115 Å². The van der Waals surface area contributed by atoms with Gasteiger partial charge in [0.1, 0.15) is 4.21 Å². The molecule has 0 aromatic carbocycles. The van der Waals surface area contributed by atoms with E-state index in [0.29, 0.717) is 10.8 Å². The molecule has 1 atom stereocenters. The molecule has 0 saturated carbocycles. The highest BCUT2D eigenvalue weighted by atomic mass is 32.2. The highest BCUT2D eigenvalue weighted by molar-refractivity contribution is 7.91. The summed E-state index contributed by atoms with van der Waals surface area (Å²) in [7, 11) is -3.33. The second kappa shape index (κ2) is 4.45. The van der Waals surface area contributed by atoms with Gasteiger partial charge in [-0.05, 0) is 41.8 Å². The van der Waals surface area contributed by atoms with Crippen LogP contribution in [0, 0.1) is 0 Å². The molecule has 1 aliphatic rings. The van der Waals surface area contributed by atoms with E-state index in [4.69, 9.17) is 0 Å². The van der Waals surface area contributed by atoms with Crippen LogP contribution in [0.2, 0.25) is 0 Å². The first kappa shape index (κ1) is 12.3. The summed E-state index contributed by atoms with van der Waals surface area (Å²) in [4.78, 5) is 1.32. The zero-order valence-electron chi connectivity index (χ0n) is 9.87. The summed E-state index contributed by atoms with van der Waals surface area (Å²) in [5.41, 5.74) is 1.16. The van der Waals surface area contributed by atoms with E-state index in [1.165, 1.54) is 16.2 Å². The highest BCUT2D eigenvalue weighted by Gasteiger charge is 2.34. The van der Waals surface area contributed by atoms with Gasteiger partial charge in [-0.2, -0.15) is 4.31 Å². The average molecular weight is 299 g/mol. The van der Waals surface area contributed by atoms with Gasteiger partial charge in [-0.1, -0.05) is 6.07 Å². The van der Waals surface area contributed by atoms with Crippen molar-refractivity contribution < 1.29 is 8.42 Å². The number of thiophene rings is 2. The fraction of sp³-hybridized carbons (Fsp3) is 0.333. The van der Waals surface area contributed by atoms with Gasteiger partial charge < -0.3 is 0 Å². The molecule has 0 N–H and O–H groups in total. The van der Waals surface area contributed by atoms with Crippen LogP contribution in [-0.4, -0.2) is 19.3 Å². The van der Waals surface area contributed by atoms with Crippen LogP contribution in [0.4, 0.5) is 0 Å². The molecule has 0 amide bonds. The summed E-state index contributed by atoms with van der Waals surface area (Å²) in [5.74, 6) is 0. The number of hydrogen-bond acceptors (Lipinski definition) is 4. The normalized spacial score (nSPS) is 20.8. The molecule has 0 bridgehead atoms. The Bertz CT molecular complexity index is 643. The largest absolute Gasteiger partial charge is 0.253 e. The second-order valence-corrected chi connectivity index (χ2v) is 8.34. The number of rotatable bonds is 2. The van der Waals surface area contributed by atoms with Crippen LogP contribution < -0.4 is 0 Å². The van der Waals surface area contributed by atoms with Crippen LogP contribution in [0.15, 0.2) is 33.2 Å². The van der Waals surface area contributed by atoms with E-state index in [0.717, 1.165) is 12.0 Å². The van der Waals surface area contributed by atoms with E-state index in [1.807, 2.05) is 18.4 Å². The van der Waals surface area contributed by atoms with Gasteiger partial charge in [-0.15, -0.1) is 22.7 Å². The highest BCUT2D eigenvalue weighted by Crippen LogP contribution is 2.36. The Morgan fingerprint density at radius 2 is 2.11 bits per heavy atom. The topological polar surface area (TPSA) is 37.4 Å². The second-order valence-electron chi connectivity index (χ2n) is 4.27. The molecule has 3 nitrogen and oxygen atoms in total. The molecule has 0 saturated heterocycles. The summed E-state index contributed by atoms with van der Waals surface area (Å²) in [6.45, 7) is 2.55. The fourth-order valence-corrected chi connectivity index (χ4v) is 6.04.